The minimum absolute atomic E-state index is 0.0579. The summed E-state index contributed by atoms with van der Waals surface area (Å²) in [6.45, 7) is 14.8. The number of hydrogen-bond donors (Lipinski definition) is 0. The van der Waals surface area contributed by atoms with Gasteiger partial charge in [0, 0.05) is 15.9 Å². The van der Waals surface area contributed by atoms with Crippen LogP contribution in [-0.2, 0) is 4.79 Å². The van der Waals surface area contributed by atoms with Gasteiger partial charge in [0.1, 0.15) is 5.78 Å². The third-order valence-corrected chi connectivity index (χ3v) is 12.4. The van der Waals surface area contributed by atoms with Crippen molar-refractivity contribution in [2.75, 3.05) is 0 Å². The summed E-state index contributed by atoms with van der Waals surface area (Å²) in [6, 6.07) is 0. The van der Waals surface area contributed by atoms with Crippen LogP contribution in [-0.4, -0.2) is 5.78 Å². The van der Waals surface area contributed by atoms with E-state index in [1.54, 1.807) is 0 Å². The molecule has 0 N–H and O–H groups in total. The fourth-order valence-corrected chi connectivity index (χ4v) is 10.1. The van der Waals surface area contributed by atoms with Crippen molar-refractivity contribution in [3.05, 3.63) is 11.6 Å². The van der Waals surface area contributed by atoms with Crippen molar-refractivity contribution in [2.24, 2.45) is 50.2 Å². The van der Waals surface area contributed by atoms with E-state index in [1.807, 2.05) is 0 Å². The second-order valence-electron chi connectivity index (χ2n) is 14.5. The number of fused-ring (bicyclic) bond motifs is 7. The first-order chi connectivity index (χ1) is 15.4. The van der Waals surface area contributed by atoms with Gasteiger partial charge in [0.05, 0.1) is 0 Å². The molecule has 31 heavy (non-hydrogen) atoms. The molecule has 0 aromatic carbocycles. The highest BCUT2D eigenvalue weighted by molar-refractivity contribution is 5.85. The van der Waals surface area contributed by atoms with E-state index in [0.29, 0.717) is 17.6 Å². The summed E-state index contributed by atoms with van der Waals surface area (Å²) >= 11 is 0. The zero-order valence-corrected chi connectivity index (χ0v) is 21.3. The Balaban J connectivity index is 1.61. The van der Waals surface area contributed by atoms with Crippen LogP contribution in [0.2, 0.25) is 0 Å². The number of ketones is 1. The summed E-state index contributed by atoms with van der Waals surface area (Å²) in [6.07, 6.45) is 12.4. The minimum Gasteiger partial charge on any atom is -0.299 e. The van der Waals surface area contributed by atoms with Gasteiger partial charge in [0.2, 0.25) is 0 Å². The van der Waals surface area contributed by atoms with Crippen LogP contribution in [0.5, 0.6) is 0 Å². The molecule has 0 aromatic heterocycles. The first-order valence-electron chi connectivity index (χ1n) is 14.7. The number of allylic oxidation sites excluding steroid dienone is 2. The summed E-state index contributed by atoms with van der Waals surface area (Å²) in [5, 5.41) is 0. The predicted octanol–water partition coefficient (Wildman–Crippen LogP) is 8.38. The molecule has 1 nitrogen and oxygen atoms in total. The Hall–Kier alpha value is -0.590. The lowest BCUT2D eigenvalue weighted by Crippen LogP contribution is -2.64. The molecule has 0 bridgehead atoms. The van der Waals surface area contributed by atoms with E-state index in [1.165, 1.54) is 12.0 Å². The quantitative estimate of drug-likeness (QED) is 0.355. The maximum absolute atomic E-state index is 12.9. The first kappa shape index (κ1) is 18.8. The molecule has 4 saturated carbocycles. The molecule has 174 valence electrons. The zero-order chi connectivity index (χ0) is 25.2. The van der Waals surface area contributed by atoms with Crippen molar-refractivity contribution < 1.29 is 8.91 Å². The number of Topliss-reactive ketones (excluding diaryl/α,β-unsaturated/α-hetero) is 1. The van der Waals surface area contributed by atoms with Crippen LogP contribution in [0.3, 0.4) is 0 Å². The van der Waals surface area contributed by atoms with Gasteiger partial charge in [-0.05, 0) is 103 Å². The summed E-state index contributed by atoms with van der Waals surface area (Å²) in [7, 11) is 0. The molecule has 7 atom stereocenters. The predicted molar refractivity (Wildman–Crippen MR) is 130 cm³/mol. The highest BCUT2D eigenvalue weighted by Crippen LogP contribution is 2.75. The van der Waals surface area contributed by atoms with Gasteiger partial charge in [-0.1, -0.05) is 67.0 Å². The molecule has 0 spiro atoms. The van der Waals surface area contributed by atoms with Crippen molar-refractivity contribution in [3.8, 4) is 0 Å². The number of carbonyl (C=O) groups is 1. The molecule has 0 unspecified atom stereocenters. The molecule has 0 saturated heterocycles. The maximum Gasteiger partial charge on any atom is 0.138 e. The van der Waals surface area contributed by atoms with E-state index in [-0.39, 0.29) is 33.0 Å². The lowest BCUT2D eigenvalue weighted by atomic mass is 9.34. The molecule has 5 aliphatic carbocycles. The molecular formula is C30H48O. The molecule has 0 aromatic rings. The smallest absolute Gasteiger partial charge is 0.138 e. The fourth-order valence-electron chi connectivity index (χ4n) is 10.1. The van der Waals surface area contributed by atoms with Crippen molar-refractivity contribution in [3.63, 3.8) is 0 Å². The van der Waals surface area contributed by atoms with Crippen LogP contribution in [0.15, 0.2) is 11.6 Å². The minimum atomic E-state index is -1.90. The average Bonchev–Trinajstić information content (AvgIpc) is 2.70. The van der Waals surface area contributed by atoms with Crippen LogP contribution in [0.25, 0.3) is 0 Å². The molecule has 4 fully saturated rings. The van der Waals surface area contributed by atoms with Crippen LogP contribution in [0, 0.1) is 50.2 Å². The fraction of sp³-hybridized carbons (Fsp3) is 0.900. The Morgan fingerprint density at radius 2 is 1.61 bits per heavy atom. The lowest BCUT2D eigenvalue weighted by molar-refractivity contribution is -0.184. The van der Waals surface area contributed by atoms with E-state index in [4.69, 9.17) is 4.11 Å². The van der Waals surface area contributed by atoms with E-state index < -0.39 is 12.3 Å². The zero-order valence-electron chi connectivity index (χ0n) is 24.3. The summed E-state index contributed by atoms with van der Waals surface area (Å²) in [5.41, 5.74) is 1.35. The van der Waals surface area contributed by atoms with E-state index >= 15 is 0 Å². The number of hydrogen-bond acceptors (Lipinski definition) is 1. The van der Waals surface area contributed by atoms with Crippen LogP contribution >= 0.6 is 0 Å². The van der Waals surface area contributed by atoms with Gasteiger partial charge >= 0.3 is 0 Å². The molecule has 0 aliphatic heterocycles. The maximum atomic E-state index is 12.9. The van der Waals surface area contributed by atoms with Crippen LogP contribution in [0.4, 0.5) is 0 Å². The average molecular weight is 428 g/mol. The SMILES string of the molecule is [2H]C([2H])([2H])[C@]12CCC(C)(C)C[C@H]1C1=CC[C@@H]3[C@@]4(C)CCC(=O)C(C)(C)[C@@H]4CC[C@@]3(C)[C@]1(C)CC2. The van der Waals surface area contributed by atoms with Crippen LogP contribution < -0.4 is 0 Å². The second-order valence-corrected chi connectivity index (χ2v) is 14.5. The van der Waals surface area contributed by atoms with Gasteiger partial charge in [-0.3, -0.25) is 4.79 Å². The largest absolute Gasteiger partial charge is 0.299 e. The third kappa shape index (κ3) is 2.70. The van der Waals surface area contributed by atoms with Gasteiger partial charge in [0.15, 0.2) is 0 Å². The van der Waals surface area contributed by atoms with E-state index in [0.717, 1.165) is 57.8 Å². The Labute approximate surface area is 196 Å². The molecule has 5 aliphatic rings. The Morgan fingerprint density at radius 1 is 0.903 bits per heavy atom. The first-order valence-corrected chi connectivity index (χ1v) is 13.2. The normalized spacial score (nSPS) is 54.7. The van der Waals surface area contributed by atoms with Crippen molar-refractivity contribution >= 4 is 5.78 Å². The third-order valence-electron chi connectivity index (χ3n) is 12.4. The van der Waals surface area contributed by atoms with E-state index in [9.17, 15) is 4.79 Å². The van der Waals surface area contributed by atoms with E-state index in [2.05, 4.69) is 54.5 Å². The molecule has 5 rings (SSSR count). The van der Waals surface area contributed by atoms with Gasteiger partial charge in [0.25, 0.3) is 0 Å². The monoisotopic (exact) mass is 427 g/mol. The van der Waals surface area contributed by atoms with Gasteiger partial charge in [-0.25, -0.2) is 0 Å². The molecule has 0 amide bonds. The molecule has 1 heteroatoms. The standard InChI is InChI=1S/C30H48O/c1-25(2)15-16-27(5)17-18-29(7)20(21(27)19-25)9-10-23-28(6)13-12-24(31)26(3,4)22(28)11-14-30(23,29)8/h9,21-23H,10-19H2,1-8H3/t21-,22-,23+,27+,28-,29+,30+/m0/s1/i5D3. The molecular weight excluding hydrogens is 376 g/mol. The van der Waals surface area contributed by atoms with Crippen molar-refractivity contribution in [2.45, 2.75) is 120 Å². The van der Waals surface area contributed by atoms with Crippen LogP contribution in [0.1, 0.15) is 124 Å². The summed E-state index contributed by atoms with van der Waals surface area (Å²) in [4.78, 5) is 12.9. The number of carbonyl (C=O) groups excluding carboxylic acids is 1. The summed E-state index contributed by atoms with van der Waals surface area (Å²) < 4.78 is 26.0. The summed E-state index contributed by atoms with van der Waals surface area (Å²) in [5.74, 6) is 1.66. The second kappa shape index (κ2) is 6.29. The number of rotatable bonds is 0. The Bertz CT molecular complexity index is 928. The Morgan fingerprint density at radius 3 is 2.32 bits per heavy atom. The molecule has 0 radical (unpaired) electrons. The van der Waals surface area contributed by atoms with Gasteiger partial charge < -0.3 is 0 Å². The van der Waals surface area contributed by atoms with Crippen molar-refractivity contribution in [1.29, 1.82) is 0 Å². The van der Waals surface area contributed by atoms with Gasteiger partial charge in [-0.15, -0.1) is 0 Å². The van der Waals surface area contributed by atoms with Gasteiger partial charge in [-0.2, -0.15) is 0 Å². The molecule has 0 heterocycles. The van der Waals surface area contributed by atoms with Crippen molar-refractivity contribution in [1.82, 2.24) is 0 Å². The highest BCUT2D eigenvalue weighted by Gasteiger charge is 2.67. The topological polar surface area (TPSA) is 17.1 Å². The lowest BCUT2D eigenvalue weighted by Gasteiger charge is -2.70. The highest BCUT2D eigenvalue weighted by atomic mass is 16.1. The Kier molecular flexibility index (Phi) is 3.82.